The van der Waals surface area contributed by atoms with Crippen LogP contribution in [0.5, 0.6) is 5.75 Å². The largest absolute Gasteiger partial charge is 0.496 e. The molecular weight excluding hydrogens is 296 g/mol. The Morgan fingerprint density at radius 1 is 1.36 bits per heavy atom. The number of hydrogen-bond acceptors (Lipinski definition) is 4. The van der Waals surface area contributed by atoms with E-state index in [-0.39, 0.29) is 5.91 Å². The van der Waals surface area contributed by atoms with Crippen molar-refractivity contribution in [2.24, 2.45) is 0 Å². The first-order valence-electron chi connectivity index (χ1n) is 7.43. The maximum absolute atomic E-state index is 12.0. The van der Waals surface area contributed by atoms with Crippen molar-refractivity contribution in [1.82, 2.24) is 10.3 Å². The normalized spacial score (nSPS) is 10.7. The maximum Gasteiger partial charge on any atom is 0.224 e. The molecule has 22 heavy (non-hydrogen) atoms. The summed E-state index contributed by atoms with van der Waals surface area (Å²) in [5.41, 5.74) is 1.95. The van der Waals surface area contributed by atoms with Crippen molar-refractivity contribution in [2.45, 2.75) is 32.6 Å². The number of carbonyl (C=O) groups is 1. The maximum atomic E-state index is 12.0. The summed E-state index contributed by atoms with van der Waals surface area (Å²) in [6.45, 7) is 4.88. The monoisotopic (exact) mass is 318 g/mol. The van der Waals surface area contributed by atoms with Crippen molar-refractivity contribution in [2.75, 3.05) is 13.7 Å². The zero-order chi connectivity index (χ0) is 15.9. The van der Waals surface area contributed by atoms with Gasteiger partial charge < -0.3 is 10.1 Å². The number of thiazole rings is 1. The number of rotatable bonds is 7. The fourth-order valence-corrected chi connectivity index (χ4v) is 2.99. The third-order valence-electron chi connectivity index (χ3n) is 3.31. The summed E-state index contributed by atoms with van der Waals surface area (Å²) in [5.74, 6) is 1.21. The Morgan fingerprint density at radius 2 is 2.14 bits per heavy atom. The lowest BCUT2D eigenvalue weighted by Crippen LogP contribution is -2.27. The lowest BCUT2D eigenvalue weighted by Gasteiger charge is -2.08. The first-order chi connectivity index (χ1) is 10.6. The summed E-state index contributed by atoms with van der Waals surface area (Å²) >= 11 is 1.68. The van der Waals surface area contributed by atoms with E-state index in [1.165, 1.54) is 0 Å². The second-order valence-corrected chi connectivity index (χ2v) is 6.31. The summed E-state index contributed by atoms with van der Waals surface area (Å²) in [7, 11) is 1.62. The number of nitrogens with one attached hydrogen (secondary N) is 1. The third kappa shape index (κ3) is 4.56. The van der Waals surface area contributed by atoms with E-state index in [0.717, 1.165) is 28.4 Å². The molecule has 0 spiro atoms. The Hall–Kier alpha value is -1.88. The van der Waals surface area contributed by atoms with Crippen LogP contribution in [-0.2, 0) is 17.6 Å². The molecule has 1 aromatic heterocycles. The first kappa shape index (κ1) is 16.5. The predicted octanol–water partition coefficient (Wildman–Crippen LogP) is 3.18. The van der Waals surface area contributed by atoms with Gasteiger partial charge in [-0.05, 0) is 6.07 Å². The van der Waals surface area contributed by atoms with Crippen LogP contribution in [0.25, 0.3) is 0 Å². The van der Waals surface area contributed by atoms with E-state index < -0.39 is 0 Å². The van der Waals surface area contributed by atoms with Gasteiger partial charge in [-0.25, -0.2) is 4.98 Å². The molecule has 2 aromatic rings. The van der Waals surface area contributed by atoms with Gasteiger partial charge in [-0.3, -0.25) is 4.79 Å². The highest BCUT2D eigenvalue weighted by Crippen LogP contribution is 2.19. The number of benzene rings is 1. The van der Waals surface area contributed by atoms with Gasteiger partial charge in [0.1, 0.15) is 5.75 Å². The summed E-state index contributed by atoms with van der Waals surface area (Å²) in [6, 6.07) is 7.59. The van der Waals surface area contributed by atoms with Crippen molar-refractivity contribution in [3.63, 3.8) is 0 Å². The van der Waals surface area contributed by atoms with Gasteiger partial charge in [0.2, 0.25) is 5.91 Å². The molecule has 0 fully saturated rings. The highest BCUT2D eigenvalue weighted by Gasteiger charge is 2.09. The van der Waals surface area contributed by atoms with Crippen LogP contribution in [0, 0.1) is 0 Å². The molecular formula is C17H22N2O2S. The van der Waals surface area contributed by atoms with E-state index >= 15 is 0 Å². The highest BCUT2D eigenvalue weighted by atomic mass is 32.1. The van der Waals surface area contributed by atoms with Gasteiger partial charge in [-0.2, -0.15) is 0 Å². The van der Waals surface area contributed by atoms with Crippen molar-refractivity contribution < 1.29 is 9.53 Å². The summed E-state index contributed by atoms with van der Waals surface area (Å²) < 4.78 is 5.26. The number of aromatic nitrogens is 1. The number of para-hydroxylation sites is 1. The molecule has 2 rings (SSSR count). The molecule has 4 nitrogen and oxygen atoms in total. The second-order valence-electron chi connectivity index (χ2n) is 5.42. The van der Waals surface area contributed by atoms with E-state index in [0.29, 0.717) is 18.9 Å². The molecule has 0 saturated carbocycles. The van der Waals surface area contributed by atoms with Crippen LogP contribution in [-0.4, -0.2) is 24.5 Å². The smallest absolute Gasteiger partial charge is 0.224 e. The van der Waals surface area contributed by atoms with Gasteiger partial charge >= 0.3 is 0 Å². The lowest BCUT2D eigenvalue weighted by molar-refractivity contribution is -0.120. The lowest BCUT2D eigenvalue weighted by atomic mass is 10.1. The van der Waals surface area contributed by atoms with E-state index in [1.807, 2.05) is 24.3 Å². The molecule has 118 valence electrons. The van der Waals surface area contributed by atoms with Gasteiger partial charge in [-0.1, -0.05) is 32.0 Å². The topological polar surface area (TPSA) is 51.2 Å². The summed E-state index contributed by atoms with van der Waals surface area (Å²) in [4.78, 5) is 16.6. The van der Waals surface area contributed by atoms with Crippen LogP contribution >= 0.6 is 11.3 Å². The standard InChI is InChI=1S/C17H22N2O2S/c1-12(2)17-19-14(11-22-17)8-9-18-16(20)10-13-6-4-5-7-15(13)21-3/h4-7,11-12H,8-10H2,1-3H3,(H,18,20). The summed E-state index contributed by atoms with van der Waals surface area (Å²) in [6.07, 6.45) is 1.10. The average molecular weight is 318 g/mol. The zero-order valence-electron chi connectivity index (χ0n) is 13.3. The molecule has 0 bridgehead atoms. The minimum Gasteiger partial charge on any atom is -0.496 e. The molecule has 0 unspecified atom stereocenters. The van der Waals surface area contributed by atoms with Crippen molar-refractivity contribution in [3.05, 3.63) is 45.9 Å². The molecule has 1 aromatic carbocycles. The fraction of sp³-hybridized carbons (Fsp3) is 0.412. The number of carbonyl (C=O) groups excluding carboxylic acids is 1. The number of amides is 1. The Morgan fingerprint density at radius 3 is 2.82 bits per heavy atom. The Bertz CT molecular complexity index is 623. The highest BCUT2D eigenvalue weighted by molar-refractivity contribution is 7.09. The molecule has 0 atom stereocenters. The number of hydrogen-bond donors (Lipinski definition) is 1. The van der Waals surface area contributed by atoms with Crippen LogP contribution in [0.2, 0.25) is 0 Å². The van der Waals surface area contributed by atoms with Crippen LogP contribution in [0.4, 0.5) is 0 Å². The van der Waals surface area contributed by atoms with Crippen LogP contribution < -0.4 is 10.1 Å². The van der Waals surface area contributed by atoms with Crippen LogP contribution in [0.15, 0.2) is 29.6 Å². The minimum atomic E-state index is 0.00353. The van der Waals surface area contributed by atoms with E-state index in [4.69, 9.17) is 4.74 Å². The molecule has 0 aliphatic rings. The average Bonchev–Trinajstić information content (AvgIpc) is 2.97. The van der Waals surface area contributed by atoms with Gasteiger partial charge in [-0.15, -0.1) is 11.3 Å². The van der Waals surface area contributed by atoms with Crippen LogP contribution in [0.3, 0.4) is 0 Å². The SMILES string of the molecule is COc1ccccc1CC(=O)NCCc1csc(C(C)C)n1. The Labute approximate surface area is 135 Å². The minimum absolute atomic E-state index is 0.00353. The van der Waals surface area contributed by atoms with E-state index in [9.17, 15) is 4.79 Å². The van der Waals surface area contributed by atoms with Gasteiger partial charge in [0.25, 0.3) is 0 Å². The molecule has 0 radical (unpaired) electrons. The van der Waals surface area contributed by atoms with Crippen molar-refractivity contribution in [3.8, 4) is 5.75 Å². The molecule has 0 aliphatic heterocycles. The van der Waals surface area contributed by atoms with Crippen molar-refractivity contribution in [1.29, 1.82) is 0 Å². The zero-order valence-corrected chi connectivity index (χ0v) is 14.1. The number of nitrogens with zero attached hydrogens (tertiary/aromatic N) is 1. The Kier molecular flexibility index (Phi) is 5.95. The molecule has 0 saturated heterocycles. The molecule has 1 N–H and O–H groups in total. The molecule has 0 aliphatic carbocycles. The third-order valence-corrected chi connectivity index (χ3v) is 4.50. The van der Waals surface area contributed by atoms with Gasteiger partial charge in [0, 0.05) is 29.8 Å². The summed E-state index contributed by atoms with van der Waals surface area (Å²) in [5, 5.41) is 6.16. The molecule has 1 heterocycles. The first-order valence-corrected chi connectivity index (χ1v) is 8.31. The van der Waals surface area contributed by atoms with E-state index in [1.54, 1.807) is 18.4 Å². The van der Waals surface area contributed by atoms with Gasteiger partial charge in [0.15, 0.2) is 0 Å². The fourth-order valence-electron chi connectivity index (χ4n) is 2.12. The quantitative estimate of drug-likeness (QED) is 0.853. The number of ether oxygens (including phenoxy) is 1. The van der Waals surface area contributed by atoms with E-state index in [2.05, 4.69) is 29.5 Å². The van der Waals surface area contributed by atoms with Gasteiger partial charge in [0.05, 0.1) is 24.2 Å². The Balaban J connectivity index is 1.80. The second kappa shape index (κ2) is 7.94. The molecule has 1 amide bonds. The van der Waals surface area contributed by atoms with Crippen molar-refractivity contribution >= 4 is 17.2 Å². The molecule has 5 heteroatoms. The van der Waals surface area contributed by atoms with Crippen LogP contribution in [0.1, 0.15) is 36.0 Å². The number of methoxy groups -OCH3 is 1. The predicted molar refractivity (Wildman–Crippen MR) is 89.6 cm³/mol.